The van der Waals surface area contributed by atoms with E-state index in [1.807, 2.05) is 67.7 Å². The molecule has 0 bridgehead atoms. The topological polar surface area (TPSA) is 40.5 Å². The van der Waals surface area contributed by atoms with Gasteiger partial charge in [0.05, 0.1) is 5.92 Å². The van der Waals surface area contributed by atoms with Crippen molar-refractivity contribution in [1.82, 2.24) is 4.90 Å². The summed E-state index contributed by atoms with van der Waals surface area (Å²) in [5, 5.41) is 11.3. The Morgan fingerprint density at radius 2 is 1.68 bits per heavy atom. The number of benzene rings is 2. The Labute approximate surface area is 131 Å². The third-order valence-electron chi connectivity index (χ3n) is 4.59. The van der Waals surface area contributed by atoms with Crippen molar-refractivity contribution < 1.29 is 9.90 Å². The highest BCUT2D eigenvalue weighted by Gasteiger charge is 2.45. The molecule has 114 valence electrons. The van der Waals surface area contributed by atoms with Gasteiger partial charge in [0.25, 0.3) is 0 Å². The average molecular weight is 295 g/mol. The van der Waals surface area contributed by atoms with E-state index in [1.165, 1.54) is 0 Å². The molecule has 1 heterocycles. The van der Waals surface area contributed by atoms with Crippen molar-refractivity contribution in [2.24, 2.45) is 5.92 Å². The van der Waals surface area contributed by atoms with Crippen LogP contribution >= 0.6 is 0 Å². The molecule has 1 saturated heterocycles. The first-order valence-corrected chi connectivity index (χ1v) is 7.67. The van der Waals surface area contributed by atoms with E-state index in [2.05, 4.69) is 4.90 Å². The van der Waals surface area contributed by atoms with Crippen molar-refractivity contribution in [1.29, 1.82) is 0 Å². The van der Waals surface area contributed by atoms with E-state index in [0.717, 1.165) is 12.1 Å². The van der Waals surface area contributed by atoms with Gasteiger partial charge in [-0.25, -0.2) is 0 Å². The maximum Gasteiger partial charge on any atom is 0.170 e. The molecule has 0 saturated carbocycles. The lowest BCUT2D eigenvalue weighted by Crippen LogP contribution is -2.52. The van der Waals surface area contributed by atoms with Crippen LogP contribution < -0.4 is 0 Å². The first-order valence-electron chi connectivity index (χ1n) is 7.67. The number of carbonyl (C=O) groups excluding carboxylic acids is 1. The van der Waals surface area contributed by atoms with Crippen LogP contribution in [0.25, 0.3) is 0 Å². The first kappa shape index (κ1) is 14.9. The molecule has 2 aromatic rings. The smallest absolute Gasteiger partial charge is 0.170 e. The molecule has 2 aromatic carbocycles. The summed E-state index contributed by atoms with van der Waals surface area (Å²) in [4.78, 5) is 15.1. The summed E-state index contributed by atoms with van der Waals surface area (Å²) in [6.45, 7) is 1.35. The van der Waals surface area contributed by atoms with Crippen molar-refractivity contribution in [3.63, 3.8) is 0 Å². The van der Waals surface area contributed by atoms with Crippen LogP contribution in [-0.2, 0) is 5.60 Å². The van der Waals surface area contributed by atoms with E-state index in [9.17, 15) is 9.90 Å². The standard InChI is InChI=1S/C19H21NO2/c1-20-13-12-19(22,16-10-6-3-7-11-16)17(14-20)18(21)15-8-4-2-5-9-15/h2-11,17,22H,12-14H2,1H3/t17-,19-/m1/s1. The lowest BCUT2D eigenvalue weighted by atomic mass is 9.73. The molecule has 22 heavy (non-hydrogen) atoms. The second-order valence-corrected chi connectivity index (χ2v) is 6.09. The summed E-state index contributed by atoms with van der Waals surface area (Å²) in [6.07, 6.45) is 0.566. The fourth-order valence-electron chi connectivity index (χ4n) is 3.27. The molecule has 3 rings (SSSR count). The van der Waals surface area contributed by atoms with Crippen LogP contribution in [-0.4, -0.2) is 35.9 Å². The SMILES string of the molecule is CN1CC[C@@](O)(c2ccccc2)[C@@H](C(=O)c2ccccc2)C1. The maximum absolute atomic E-state index is 12.9. The Bertz CT molecular complexity index is 641. The lowest BCUT2D eigenvalue weighted by molar-refractivity contribution is -0.0594. The summed E-state index contributed by atoms with van der Waals surface area (Å²) in [6, 6.07) is 18.8. The zero-order valence-corrected chi connectivity index (χ0v) is 12.8. The van der Waals surface area contributed by atoms with E-state index < -0.39 is 11.5 Å². The van der Waals surface area contributed by atoms with E-state index >= 15 is 0 Å². The minimum atomic E-state index is -1.10. The maximum atomic E-state index is 12.9. The first-order chi connectivity index (χ1) is 10.6. The van der Waals surface area contributed by atoms with Gasteiger partial charge in [-0.1, -0.05) is 60.7 Å². The number of Topliss-reactive ketones (excluding diaryl/α,β-unsaturated/α-hetero) is 1. The normalized spacial score (nSPS) is 25.8. The Kier molecular flexibility index (Phi) is 4.10. The largest absolute Gasteiger partial charge is 0.384 e. The summed E-state index contributed by atoms with van der Waals surface area (Å²) in [5.41, 5.74) is 0.398. The lowest BCUT2D eigenvalue weighted by Gasteiger charge is -2.43. The highest BCUT2D eigenvalue weighted by atomic mass is 16.3. The van der Waals surface area contributed by atoms with Gasteiger partial charge in [-0.3, -0.25) is 4.79 Å². The third kappa shape index (κ3) is 2.70. The van der Waals surface area contributed by atoms with E-state index in [-0.39, 0.29) is 5.78 Å². The predicted molar refractivity (Wildman–Crippen MR) is 86.7 cm³/mol. The molecule has 1 aliphatic rings. The average Bonchev–Trinajstić information content (AvgIpc) is 2.58. The van der Waals surface area contributed by atoms with Crippen molar-refractivity contribution in [2.45, 2.75) is 12.0 Å². The summed E-state index contributed by atoms with van der Waals surface area (Å²) < 4.78 is 0. The van der Waals surface area contributed by atoms with E-state index in [1.54, 1.807) is 0 Å². The molecule has 1 N–H and O–H groups in total. The number of piperidine rings is 1. The molecule has 0 unspecified atom stereocenters. The predicted octanol–water partition coefficient (Wildman–Crippen LogP) is 2.71. The molecular formula is C19H21NO2. The van der Waals surface area contributed by atoms with Gasteiger partial charge in [-0.15, -0.1) is 0 Å². The summed E-state index contributed by atoms with van der Waals surface area (Å²) in [5.74, 6) is -0.436. The van der Waals surface area contributed by atoms with Crippen molar-refractivity contribution in [2.75, 3.05) is 20.1 Å². The monoisotopic (exact) mass is 295 g/mol. The number of carbonyl (C=O) groups is 1. The van der Waals surface area contributed by atoms with E-state index in [0.29, 0.717) is 18.5 Å². The molecule has 0 radical (unpaired) electrons. The van der Waals surface area contributed by atoms with Crippen molar-refractivity contribution in [3.8, 4) is 0 Å². The molecular weight excluding hydrogens is 274 g/mol. The second kappa shape index (κ2) is 6.03. The third-order valence-corrected chi connectivity index (χ3v) is 4.59. The van der Waals surface area contributed by atoms with E-state index in [4.69, 9.17) is 0 Å². The minimum absolute atomic E-state index is 0.0125. The van der Waals surface area contributed by atoms with Crippen LogP contribution in [0.3, 0.4) is 0 Å². The van der Waals surface area contributed by atoms with Gasteiger partial charge >= 0.3 is 0 Å². The second-order valence-electron chi connectivity index (χ2n) is 6.09. The van der Waals surface area contributed by atoms with Crippen molar-refractivity contribution >= 4 is 5.78 Å². The number of rotatable bonds is 3. The zero-order chi connectivity index (χ0) is 15.6. The molecule has 0 aromatic heterocycles. The van der Waals surface area contributed by atoms with Gasteiger partial charge in [-0.05, 0) is 19.0 Å². The van der Waals surface area contributed by atoms with Crippen LogP contribution in [0.1, 0.15) is 22.3 Å². The van der Waals surface area contributed by atoms with Crippen LogP contribution in [0, 0.1) is 5.92 Å². The molecule has 0 aliphatic carbocycles. The fraction of sp³-hybridized carbons (Fsp3) is 0.316. The van der Waals surface area contributed by atoms with Gasteiger partial charge in [0.15, 0.2) is 5.78 Å². The number of aliphatic hydroxyl groups is 1. The molecule has 1 aliphatic heterocycles. The van der Waals surface area contributed by atoms with Crippen LogP contribution in [0.5, 0.6) is 0 Å². The van der Waals surface area contributed by atoms with Crippen LogP contribution in [0.2, 0.25) is 0 Å². The summed E-state index contributed by atoms with van der Waals surface area (Å²) >= 11 is 0. The molecule has 0 amide bonds. The number of ketones is 1. The van der Waals surface area contributed by atoms with Crippen LogP contribution in [0.4, 0.5) is 0 Å². The quantitative estimate of drug-likeness (QED) is 0.885. The fourth-order valence-corrected chi connectivity index (χ4v) is 3.27. The molecule has 1 fully saturated rings. The van der Waals surface area contributed by atoms with Gasteiger partial charge in [0, 0.05) is 18.7 Å². The highest BCUT2D eigenvalue weighted by Crippen LogP contribution is 2.38. The number of nitrogens with zero attached hydrogens (tertiary/aromatic N) is 1. The Morgan fingerprint density at radius 1 is 1.09 bits per heavy atom. The minimum Gasteiger partial charge on any atom is -0.384 e. The number of hydrogen-bond donors (Lipinski definition) is 1. The zero-order valence-electron chi connectivity index (χ0n) is 12.8. The molecule has 0 spiro atoms. The van der Waals surface area contributed by atoms with Gasteiger partial charge in [0.1, 0.15) is 5.60 Å². The Hall–Kier alpha value is -1.97. The molecule has 2 atom stereocenters. The van der Waals surface area contributed by atoms with Gasteiger partial charge in [0.2, 0.25) is 0 Å². The number of hydrogen-bond acceptors (Lipinski definition) is 3. The Morgan fingerprint density at radius 3 is 2.32 bits per heavy atom. The van der Waals surface area contributed by atoms with Crippen LogP contribution in [0.15, 0.2) is 60.7 Å². The highest BCUT2D eigenvalue weighted by molar-refractivity contribution is 5.98. The Balaban J connectivity index is 1.99. The molecule has 3 nitrogen and oxygen atoms in total. The van der Waals surface area contributed by atoms with Gasteiger partial charge in [-0.2, -0.15) is 0 Å². The molecule has 3 heteroatoms. The van der Waals surface area contributed by atoms with Gasteiger partial charge < -0.3 is 10.0 Å². The van der Waals surface area contributed by atoms with Crippen molar-refractivity contribution in [3.05, 3.63) is 71.8 Å². The summed E-state index contributed by atoms with van der Waals surface area (Å²) in [7, 11) is 2.00. The number of likely N-dealkylation sites (tertiary alicyclic amines) is 1.